The monoisotopic (exact) mass is 176 g/mol. The molecule has 0 fully saturated rings. The first-order valence-corrected chi connectivity index (χ1v) is 3.81. The summed E-state index contributed by atoms with van der Waals surface area (Å²) in [6.07, 6.45) is 1.43. The lowest BCUT2D eigenvalue weighted by molar-refractivity contribution is 1.22. The number of aromatic nitrogens is 2. The summed E-state index contributed by atoms with van der Waals surface area (Å²) in [6.45, 7) is 5.58. The second-order valence-electron chi connectivity index (χ2n) is 2.44. The van der Waals surface area contributed by atoms with Gasteiger partial charge in [0.25, 0.3) is 0 Å². The minimum Gasteiger partial charge on any atom is -0.236 e. The third-order valence-electron chi connectivity index (χ3n) is 1.61. The SMILES string of the molecule is [CH]c1ccc2ncnc(Cl)c2c1. The molecule has 0 aliphatic heterocycles. The summed E-state index contributed by atoms with van der Waals surface area (Å²) in [5.74, 6) is 0. The third-order valence-corrected chi connectivity index (χ3v) is 1.91. The molecule has 0 saturated carbocycles. The molecule has 0 saturated heterocycles. The molecule has 0 bridgehead atoms. The lowest BCUT2D eigenvalue weighted by atomic mass is 10.2. The van der Waals surface area contributed by atoms with Crippen LogP contribution in [0.4, 0.5) is 0 Å². The van der Waals surface area contributed by atoms with Crippen LogP contribution in [0.3, 0.4) is 0 Å². The Bertz CT molecular complexity index is 426. The van der Waals surface area contributed by atoms with Gasteiger partial charge in [0.15, 0.2) is 0 Å². The molecular formula is C9H5ClN2. The van der Waals surface area contributed by atoms with Crippen molar-refractivity contribution in [2.75, 3.05) is 0 Å². The van der Waals surface area contributed by atoms with Gasteiger partial charge in [-0.05, 0) is 24.6 Å². The molecular weight excluding hydrogens is 172 g/mol. The van der Waals surface area contributed by atoms with Crippen molar-refractivity contribution in [1.82, 2.24) is 9.97 Å². The molecule has 0 unspecified atom stereocenters. The fraction of sp³-hybridized carbons (Fsp3) is 0. The van der Waals surface area contributed by atoms with Crippen molar-refractivity contribution in [1.29, 1.82) is 0 Å². The molecule has 1 aromatic heterocycles. The molecule has 1 aromatic carbocycles. The second-order valence-corrected chi connectivity index (χ2v) is 2.80. The van der Waals surface area contributed by atoms with Gasteiger partial charge < -0.3 is 0 Å². The third kappa shape index (κ3) is 1.14. The average Bonchev–Trinajstić information content (AvgIpc) is 2.07. The summed E-state index contributed by atoms with van der Waals surface area (Å²) in [5, 5.41) is 1.23. The number of hydrogen-bond acceptors (Lipinski definition) is 2. The number of hydrogen-bond donors (Lipinski definition) is 0. The van der Waals surface area contributed by atoms with Crippen molar-refractivity contribution in [3.05, 3.63) is 42.2 Å². The van der Waals surface area contributed by atoms with Gasteiger partial charge in [-0.3, -0.25) is 0 Å². The largest absolute Gasteiger partial charge is 0.236 e. The average molecular weight is 177 g/mol. The summed E-state index contributed by atoms with van der Waals surface area (Å²) in [5.41, 5.74) is 1.48. The highest BCUT2D eigenvalue weighted by Gasteiger charge is 1.99. The van der Waals surface area contributed by atoms with Crippen molar-refractivity contribution >= 4 is 22.5 Å². The van der Waals surface area contributed by atoms with E-state index in [9.17, 15) is 0 Å². The van der Waals surface area contributed by atoms with E-state index in [2.05, 4.69) is 9.97 Å². The molecule has 2 radical (unpaired) electrons. The summed E-state index contributed by atoms with van der Waals surface area (Å²) >= 11 is 5.82. The van der Waals surface area contributed by atoms with Crippen LogP contribution in [0, 0.1) is 6.92 Å². The molecule has 0 aliphatic carbocycles. The summed E-state index contributed by atoms with van der Waals surface area (Å²) < 4.78 is 0. The minimum atomic E-state index is 0.437. The lowest BCUT2D eigenvalue weighted by Crippen LogP contribution is -1.83. The summed E-state index contributed by atoms with van der Waals surface area (Å²) in [4.78, 5) is 7.88. The molecule has 0 aliphatic rings. The molecule has 2 nitrogen and oxygen atoms in total. The van der Waals surface area contributed by atoms with Crippen molar-refractivity contribution < 1.29 is 0 Å². The van der Waals surface area contributed by atoms with Gasteiger partial charge in [-0.2, -0.15) is 0 Å². The van der Waals surface area contributed by atoms with Crippen LogP contribution in [-0.4, -0.2) is 9.97 Å². The Morgan fingerprint density at radius 3 is 2.92 bits per heavy atom. The van der Waals surface area contributed by atoms with Crippen LogP contribution in [0.25, 0.3) is 10.9 Å². The predicted molar refractivity (Wildman–Crippen MR) is 48.0 cm³/mol. The Morgan fingerprint density at radius 1 is 1.25 bits per heavy atom. The zero-order valence-corrected chi connectivity index (χ0v) is 6.92. The van der Waals surface area contributed by atoms with Gasteiger partial charge in [0.2, 0.25) is 0 Å². The van der Waals surface area contributed by atoms with Gasteiger partial charge in [0.05, 0.1) is 5.52 Å². The highest BCUT2D eigenvalue weighted by Crippen LogP contribution is 2.19. The van der Waals surface area contributed by atoms with Gasteiger partial charge >= 0.3 is 0 Å². The number of fused-ring (bicyclic) bond motifs is 1. The van der Waals surface area contributed by atoms with Crippen LogP contribution in [-0.2, 0) is 0 Å². The standard InChI is InChI=1S/C9H5ClN2/c1-6-2-3-8-7(4-6)9(10)12-5-11-8/h1-5H. The van der Waals surface area contributed by atoms with Gasteiger partial charge in [-0.1, -0.05) is 17.7 Å². The Kier molecular flexibility index (Phi) is 1.70. The van der Waals surface area contributed by atoms with E-state index in [1.165, 1.54) is 6.33 Å². The Morgan fingerprint density at radius 2 is 2.08 bits per heavy atom. The zero-order chi connectivity index (χ0) is 8.55. The molecule has 0 atom stereocenters. The Balaban J connectivity index is 2.88. The molecule has 3 heteroatoms. The number of nitrogens with zero attached hydrogens (tertiary/aromatic N) is 2. The summed E-state index contributed by atoms with van der Waals surface area (Å²) in [7, 11) is 0. The number of benzene rings is 1. The highest BCUT2D eigenvalue weighted by atomic mass is 35.5. The quantitative estimate of drug-likeness (QED) is 0.576. The molecule has 0 spiro atoms. The van der Waals surface area contributed by atoms with Crippen molar-refractivity contribution in [3.63, 3.8) is 0 Å². The fourth-order valence-electron chi connectivity index (χ4n) is 1.04. The predicted octanol–water partition coefficient (Wildman–Crippen LogP) is 2.34. The van der Waals surface area contributed by atoms with Gasteiger partial charge in [0.1, 0.15) is 11.5 Å². The van der Waals surface area contributed by atoms with E-state index >= 15 is 0 Å². The molecule has 2 rings (SSSR count). The van der Waals surface area contributed by atoms with Crippen LogP contribution in [0.1, 0.15) is 5.56 Å². The van der Waals surface area contributed by atoms with Gasteiger partial charge in [-0.25, -0.2) is 9.97 Å². The van der Waals surface area contributed by atoms with E-state index in [-0.39, 0.29) is 0 Å². The van der Waals surface area contributed by atoms with Crippen molar-refractivity contribution in [2.45, 2.75) is 0 Å². The van der Waals surface area contributed by atoms with E-state index in [0.717, 1.165) is 10.9 Å². The Hall–Kier alpha value is -1.15. The van der Waals surface area contributed by atoms with Crippen LogP contribution >= 0.6 is 11.6 Å². The molecule has 0 amide bonds. The number of rotatable bonds is 0. The maximum absolute atomic E-state index is 5.82. The first-order valence-electron chi connectivity index (χ1n) is 3.43. The normalized spacial score (nSPS) is 10.5. The topological polar surface area (TPSA) is 25.8 Å². The van der Waals surface area contributed by atoms with Crippen LogP contribution in [0.5, 0.6) is 0 Å². The maximum atomic E-state index is 5.82. The van der Waals surface area contributed by atoms with E-state index in [0.29, 0.717) is 10.7 Å². The lowest BCUT2D eigenvalue weighted by Gasteiger charge is -1.98. The molecule has 58 valence electrons. The van der Waals surface area contributed by atoms with E-state index in [4.69, 9.17) is 18.5 Å². The van der Waals surface area contributed by atoms with Crippen molar-refractivity contribution in [3.8, 4) is 0 Å². The fourth-order valence-corrected chi connectivity index (χ4v) is 1.24. The molecule has 1 heterocycles. The first kappa shape index (κ1) is 7.50. The smallest absolute Gasteiger partial charge is 0.140 e. The number of halogens is 1. The van der Waals surface area contributed by atoms with Crippen LogP contribution in [0.2, 0.25) is 5.15 Å². The van der Waals surface area contributed by atoms with Gasteiger partial charge in [0, 0.05) is 5.39 Å². The first-order chi connectivity index (χ1) is 5.77. The maximum Gasteiger partial charge on any atom is 0.140 e. The molecule has 0 N–H and O–H groups in total. The summed E-state index contributed by atoms with van der Waals surface area (Å²) in [6, 6.07) is 5.36. The van der Waals surface area contributed by atoms with Crippen LogP contribution < -0.4 is 0 Å². The highest BCUT2D eigenvalue weighted by molar-refractivity contribution is 6.34. The second kappa shape index (κ2) is 2.72. The van der Waals surface area contributed by atoms with Gasteiger partial charge in [-0.15, -0.1) is 0 Å². The van der Waals surface area contributed by atoms with E-state index < -0.39 is 0 Å². The molecule has 12 heavy (non-hydrogen) atoms. The minimum absolute atomic E-state index is 0.437. The van der Waals surface area contributed by atoms with E-state index in [1.807, 2.05) is 6.07 Å². The van der Waals surface area contributed by atoms with Crippen molar-refractivity contribution in [2.24, 2.45) is 0 Å². The van der Waals surface area contributed by atoms with E-state index in [1.54, 1.807) is 12.1 Å². The zero-order valence-electron chi connectivity index (χ0n) is 6.16. The molecule has 2 aromatic rings. The van der Waals surface area contributed by atoms with Crippen LogP contribution in [0.15, 0.2) is 24.5 Å². The Labute approximate surface area is 75.2 Å².